The van der Waals surface area contributed by atoms with Crippen LogP contribution in [-0.4, -0.2) is 48.4 Å². The monoisotopic (exact) mass is 540 g/mol. The molecule has 0 spiro atoms. The fourth-order valence-corrected chi connectivity index (χ4v) is 3.54. The number of rotatable bonds is 13. The van der Waals surface area contributed by atoms with Gasteiger partial charge in [0.2, 0.25) is 11.8 Å². The minimum atomic E-state index is -0.970. The van der Waals surface area contributed by atoms with Crippen LogP contribution in [0.1, 0.15) is 49.5 Å². The van der Waals surface area contributed by atoms with Crippen LogP contribution in [-0.2, 0) is 25.7 Å². The molecule has 0 heterocycles. The van der Waals surface area contributed by atoms with Gasteiger partial charge in [0.15, 0.2) is 0 Å². The Hall–Kier alpha value is -4.61. The van der Waals surface area contributed by atoms with Crippen molar-refractivity contribution in [2.24, 2.45) is 11.7 Å². The van der Waals surface area contributed by atoms with Crippen molar-refractivity contribution in [2.75, 3.05) is 17.6 Å². The second-order valence-electron chi connectivity index (χ2n) is 9.28. The van der Waals surface area contributed by atoms with Crippen molar-refractivity contribution in [2.45, 2.75) is 52.3 Å². The lowest BCUT2D eigenvalue weighted by molar-refractivity contribution is -0.142. The summed E-state index contributed by atoms with van der Waals surface area (Å²) >= 11 is 0. The molecule has 0 bridgehead atoms. The van der Waals surface area contributed by atoms with Crippen molar-refractivity contribution >= 4 is 41.1 Å². The number of carbonyl (C=O) groups is 5. The molecule has 210 valence electrons. The summed E-state index contributed by atoms with van der Waals surface area (Å²) in [5.41, 5.74) is 12.8. The van der Waals surface area contributed by atoms with Gasteiger partial charge in [0.05, 0.1) is 0 Å². The third kappa shape index (κ3) is 10.7. The zero-order valence-corrected chi connectivity index (χ0v) is 22.3. The van der Waals surface area contributed by atoms with Gasteiger partial charge in [-0.3, -0.25) is 19.2 Å². The molecule has 2 unspecified atom stereocenters. The Balaban J connectivity index is 2.11. The molecule has 5 amide bonds. The molecule has 2 aromatic carbocycles. The number of hydrogen-bond donors (Lipinski definition) is 6. The summed E-state index contributed by atoms with van der Waals surface area (Å²) in [6, 6.07) is 10.4. The normalized spacial score (nSPS) is 12.1. The summed E-state index contributed by atoms with van der Waals surface area (Å²) in [4.78, 5) is 61.1. The van der Waals surface area contributed by atoms with Gasteiger partial charge in [-0.25, -0.2) is 4.79 Å². The number of primary amides is 1. The van der Waals surface area contributed by atoms with E-state index in [1.165, 1.54) is 6.92 Å². The molecule has 0 saturated carbocycles. The summed E-state index contributed by atoms with van der Waals surface area (Å²) < 4.78 is 4.96. The second kappa shape index (κ2) is 15.0. The SMILES string of the molecule is CC(=O)OCc1ccc(NC(=O)C(CCCNC(N)=O)NC(=O)C(NC(=O)c2ccc(N)cc2)C(C)C)cc1. The highest BCUT2D eigenvalue weighted by molar-refractivity contribution is 6.00. The molecule has 2 rings (SSSR count). The number of ether oxygens (including phenoxy) is 1. The molecular formula is C27H36N6O6. The number of nitrogen functional groups attached to an aromatic ring is 1. The molecule has 0 aromatic heterocycles. The number of benzene rings is 2. The molecule has 2 atom stereocenters. The number of amides is 5. The van der Waals surface area contributed by atoms with Gasteiger partial charge < -0.3 is 37.5 Å². The van der Waals surface area contributed by atoms with Crippen molar-refractivity contribution in [1.82, 2.24) is 16.0 Å². The summed E-state index contributed by atoms with van der Waals surface area (Å²) in [5.74, 6) is -2.16. The maximum Gasteiger partial charge on any atom is 0.312 e. The van der Waals surface area contributed by atoms with E-state index in [9.17, 15) is 24.0 Å². The number of hydrogen-bond acceptors (Lipinski definition) is 7. The molecule has 0 aliphatic rings. The summed E-state index contributed by atoms with van der Waals surface area (Å²) in [6.45, 7) is 5.18. The van der Waals surface area contributed by atoms with E-state index >= 15 is 0 Å². The van der Waals surface area contributed by atoms with Crippen LogP contribution in [0.25, 0.3) is 0 Å². The van der Waals surface area contributed by atoms with Crippen LogP contribution in [0.5, 0.6) is 0 Å². The average Bonchev–Trinajstić information content (AvgIpc) is 2.88. The highest BCUT2D eigenvalue weighted by Crippen LogP contribution is 2.13. The summed E-state index contributed by atoms with van der Waals surface area (Å²) in [6.07, 6.45) is 0.548. The number of nitrogens with one attached hydrogen (secondary N) is 4. The van der Waals surface area contributed by atoms with Gasteiger partial charge in [-0.1, -0.05) is 26.0 Å². The number of anilines is 2. The lowest BCUT2D eigenvalue weighted by Crippen LogP contribution is -2.54. The zero-order chi connectivity index (χ0) is 28.9. The maximum absolute atomic E-state index is 13.2. The Morgan fingerprint density at radius 3 is 2.10 bits per heavy atom. The van der Waals surface area contributed by atoms with Crippen LogP contribution < -0.4 is 32.7 Å². The van der Waals surface area contributed by atoms with Crippen molar-refractivity contribution in [3.8, 4) is 0 Å². The Morgan fingerprint density at radius 1 is 0.897 bits per heavy atom. The number of nitrogens with two attached hydrogens (primary N) is 2. The molecular weight excluding hydrogens is 504 g/mol. The Kier molecular flexibility index (Phi) is 11.7. The van der Waals surface area contributed by atoms with Crippen molar-refractivity contribution in [3.05, 3.63) is 59.7 Å². The lowest BCUT2D eigenvalue weighted by Gasteiger charge is -2.25. The van der Waals surface area contributed by atoms with E-state index in [4.69, 9.17) is 16.2 Å². The summed E-state index contributed by atoms with van der Waals surface area (Å²) in [7, 11) is 0. The molecule has 0 radical (unpaired) electrons. The van der Waals surface area contributed by atoms with Crippen LogP contribution in [0.2, 0.25) is 0 Å². The molecule has 0 fully saturated rings. The van der Waals surface area contributed by atoms with E-state index in [-0.39, 0.29) is 25.5 Å². The third-order valence-corrected chi connectivity index (χ3v) is 5.67. The van der Waals surface area contributed by atoms with Crippen LogP contribution in [0, 0.1) is 5.92 Å². The number of carbonyl (C=O) groups excluding carboxylic acids is 5. The van der Waals surface area contributed by atoms with Gasteiger partial charge in [0, 0.05) is 30.4 Å². The smallest absolute Gasteiger partial charge is 0.312 e. The third-order valence-electron chi connectivity index (χ3n) is 5.67. The van der Waals surface area contributed by atoms with E-state index < -0.39 is 41.8 Å². The molecule has 0 aliphatic heterocycles. The topological polar surface area (TPSA) is 195 Å². The fourth-order valence-electron chi connectivity index (χ4n) is 3.54. The fraction of sp³-hybridized carbons (Fsp3) is 0.370. The zero-order valence-electron chi connectivity index (χ0n) is 22.3. The first kappa shape index (κ1) is 30.6. The molecule has 0 saturated heterocycles. The molecule has 0 aliphatic carbocycles. The van der Waals surface area contributed by atoms with Crippen LogP contribution in [0.15, 0.2) is 48.5 Å². The highest BCUT2D eigenvalue weighted by atomic mass is 16.5. The van der Waals surface area contributed by atoms with E-state index in [0.29, 0.717) is 23.4 Å². The van der Waals surface area contributed by atoms with Gasteiger partial charge in [-0.2, -0.15) is 0 Å². The van der Waals surface area contributed by atoms with E-state index in [1.807, 2.05) is 0 Å². The Morgan fingerprint density at radius 2 is 1.54 bits per heavy atom. The lowest BCUT2D eigenvalue weighted by atomic mass is 10.0. The first-order valence-electron chi connectivity index (χ1n) is 12.5. The average molecular weight is 541 g/mol. The first-order valence-corrected chi connectivity index (χ1v) is 12.5. The molecule has 12 heteroatoms. The van der Waals surface area contributed by atoms with Crippen LogP contribution in [0.4, 0.5) is 16.2 Å². The van der Waals surface area contributed by atoms with Crippen LogP contribution >= 0.6 is 0 Å². The van der Waals surface area contributed by atoms with E-state index in [2.05, 4.69) is 21.3 Å². The Labute approximate surface area is 227 Å². The number of urea groups is 1. The maximum atomic E-state index is 13.2. The van der Waals surface area contributed by atoms with E-state index in [0.717, 1.165) is 5.56 Å². The first-order chi connectivity index (χ1) is 18.5. The standard InChI is InChI=1S/C27H36N6O6/c1-16(2)23(33-24(35)19-8-10-20(28)11-9-19)26(37)32-22(5-4-14-30-27(29)38)25(36)31-21-12-6-18(7-13-21)15-39-17(3)34/h6-13,16,22-23H,4-5,14-15,28H2,1-3H3,(H,31,36)(H,32,37)(H,33,35)(H3,29,30,38). The Bertz CT molecular complexity index is 1150. The van der Waals surface area contributed by atoms with Crippen molar-refractivity contribution in [3.63, 3.8) is 0 Å². The summed E-state index contributed by atoms with van der Waals surface area (Å²) in [5, 5.41) is 10.7. The number of esters is 1. The van der Waals surface area contributed by atoms with Crippen LogP contribution in [0.3, 0.4) is 0 Å². The van der Waals surface area contributed by atoms with Gasteiger partial charge >= 0.3 is 12.0 Å². The molecule has 39 heavy (non-hydrogen) atoms. The minimum absolute atomic E-state index is 0.105. The van der Waals surface area contributed by atoms with E-state index in [1.54, 1.807) is 62.4 Å². The predicted octanol–water partition coefficient (Wildman–Crippen LogP) is 1.66. The predicted molar refractivity (Wildman–Crippen MR) is 146 cm³/mol. The van der Waals surface area contributed by atoms with Gasteiger partial charge in [-0.15, -0.1) is 0 Å². The largest absolute Gasteiger partial charge is 0.461 e. The second-order valence-corrected chi connectivity index (χ2v) is 9.28. The van der Waals surface area contributed by atoms with Gasteiger partial charge in [0.1, 0.15) is 18.7 Å². The molecule has 2 aromatic rings. The van der Waals surface area contributed by atoms with Gasteiger partial charge in [0.25, 0.3) is 5.91 Å². The van der Waals surface area contributed by atoms with Crippen molar-refractivity contribution in [1.29, 1.82) is 0 Å². The minimum Gasteiger partial charge on any atom is -0.461 e. The van der Waals surface area contributed by atoms with Crippen molar-refractivity contribution < 1.29 is 28.7 Å². The highest BCUT2D eigenvalue weighted by Gasteiger charge is 2.29. The van der Waals surface area contributed by atoms with Gasteiger partial charge in [-0.05, 0) is 60.7 Å². The molecule has 8 N–H and O–H groups in total. The quantitative estimate of drug-likeness (QED) is 0.126. The molecule has 12 nitrogen and oxygen atoms in total.